The standard InChI is InChI=1S/C13H11ClN2O2S/c1-7-10(13(17)18-2)12(19)16-11(15-7)8-4-3-5-9(14)6-8/h3-6H,1-2H3,(H,15,16,19). The number of nitrogens with one attached hydrogen (secondary N) is 1. The molecule has 19 heavy (non-hydrogen) atoms. The Morgan fingerprint density at radius 2 is 2.21 bits per heavy atom. The first-order chi connectivity index (χ1) is 9.02. The van der Waals surface area contributed by atoms with Crippen molar-refractivity contribution in [2.45, 2.75) is 6.92 Å². The topological polar surface area (TPSA) is 55.0 Å². The summed E-state index contributed by atoms with van der Waals surface area (Å²) in [6.07, 6.45) is 0. The van der Waals surface area contributed by atoms with E-state index in [0.717, 1.165) is 5.56 Å². The summed E-state index contributed by atoms with van der Waals surface area (Å²) in [6.45, 7) is 1.75. The number of rotatable bonds is 2. The lowest BCUT2D eigenvalue weighted by molar-refractivity contribution is 0.0598. The number of carbonyl (C=O) groups excluding carboxylic acids is 1. The summed E-state index contributed by atoms with van der Waals surface area (Å²) in [5, 5.41) is 0.605. The van der Waals surface area contributed by atoms with Gasteiger partial charge in [-0.05, 0) is 19.1 Å². The van der Waals surface area contributed by atoms with Crippen molar-refractivity contribution < 1.29 is 9.53 Å². The minimum absolute atomic E-state index is 0.207. The van der Waals surface area contributed by atoms with Gasteiger partial charge in [-0.1, -0.05) is 36.0 Å². The van der Waals surface area contributed by atoms with Crippen LogP contribution in [0.3, 0.4) is 0 Å². The molecule has 0 fully saturated rings. The number of aromatic nitrogens is 2. The van der Waals surface area contributed by atoms with E-state index in [9.17, 15) is 4.79 Å². The van der Waals surface area contributed by atoms with Crippen LogP contribution in [-0.4, -0.2) is 23.0 Å². The number of nitrogens with zero attached hydrogens (tertiary/aromatic N) is 1. The Balaban J connectivity index is 2.58. The second kappa shape index (κ2) is 5.50. The molecule has 0 saturated heterocycles. The lowest BCUT2D eigenvalue weighted by atomic mass is 10.2. The number of benzene rings is 1. The van der Waals surface area contributed by atoms with E-state index >= 15 is 0 Å². The van der Waals surface area contributed by atoms with Gasteiger partial charge in [-0.2, -0.15) is 0 Å². The lowest BCUT2D eigenvalue weighted by Crippen LogP contribution is -2.08. The molecule has 0 saturated carbocycles. The smallest absolute Gasteiger partial charge is 0.342 e. The molecule has 1 aromatic carbocycles. The zero-order chi connectivity index (χ0) is 14.0. The molecule has 0 unspecified atom stereocenters. The first-order valence-electron chi connectivity index (χ1n) is 5.48. The second-order valence-corrected chi connectivity index (χ2v) is 4.72. The Labute approximate surface area is 120 Å². The van der Waals surface area contributed by atoms with E-state index in [1.54, 1.807) is 19.1 Å². The summed E-state index contributed by atoms with van der Waals surface area (Å²) in [4.78, 5) is 18.8. The van der Waals surface area contributed by atoms with Crippen LogP contribution in [0.4, 0.5) is 0 Å². The molecule has 2 rings (SSSR count). The molecule has 0 radical (unpaired) electrons. The van der Waals surface area contributed by atoms with Gasteiger partial charge in [0.1, 0.15) is 16.0 Å². The molecule has 0 spiro atoms. The van der Waals surface area contributed by atoms with Crippen LogP contribution in [0.25, 0.3) is 11.4 Å². The zero-order valence-electron chi connectivity index (χ0n) is 10.4. The van der Waals surface area contributed by atoms with Gasteiger partial charge in [-0.25, -0.2) is 9.78 Å². The first-order valence-corrected chi connectivity index (χ1v) is 6.26. The maximum Gasteiger partial charge on any atom is 0.342 e. The molecule has 1 heterocycles. The largest absolute Gasteiger partial charge is 0.465 e. The molecule has 0 atom stereocenters. The zero-order valence-corrected chi connectivity index (χ0v) is 11.9. The van der Waals surface area contributed by atoms with Crippen molar-refractivity contribution in [1.29, 1.82) is 0 Å². The van der Waals surface area contributed by atoms with E-state index in [-0.39, 0.29) is 10.2 Å². The SMILES string of the molecule is COC(=O)c1c(C)[nH]c(-c2cccc(Cl)c2)nc1=S. The van der Waals surface area contributed by atoms with Crippen LogP contribution in [0.2, 0.25) is 5.02 Å². The van der Waals surface area contributed by atoms with Gasteiger partial charge in [-0.15, -0.1) is 0 Å². The molecule has 0 aliphatic carbocycles. The normalized spacial score (nSPS) is 10.3. The highest BCUT2D eigenvalue weighted by Gasteiger charge is 2.14. The average Bonchev–Trinajstić information content (AvgIpc) is 2.37. The Bertz CT molecular complexity index is 697. The number of halogens is 1. The fourth-order valence-corrected chi connectivity index (χ4v) is 2.22. The van der Waals surface area contributed by atoms with Gasteiger partial charge in [0.25, 0.3) is 0 Å². The fraction of sp³-hybridized carbons (Fsp3) is 0.154. The molecule has 4 nitrogen and oxygen atoms in total. The summed E-state index contributed by atoms with van der Waals surface area (Å²) in [5.74, 6) is 0.0709. The highest BCUT2D eigenvalue weighted by molar-refractivity contribution is 7.71. The van der Waals surface area contributed by atoms with E-state index < -0.39 is 5.97 Å². The molecular weight excluding hydrogens is 284 g/mol. The number of carbonyl (C=O) groups is 1. The molecular formula is C13H11ClN2O2S. The highest BCUT2D eigenvalue weighted by atomic mass is 35.5. The van der Waals surface area contributed by atoms with E-state index in [0.29, 0.717) is 16.5 Å². The van der Waals surface area contributed by atoms with Gasteiger partial charge >= 0.3 is 5.97 Å². The molecule has 0 bridgehead atoms. The number of aromatic amines is 1. The van der Waals surface area contributed by atoms with Crippen LogP contribution in [0.5, 0.6) is 0 Å². The van der Waals surface area contributed by atoms with Crippen molar-refractivity contribution in [2.24, 2.45) is 0 Å². The highest BCUT2D eigenvalue weighted by Crippen LogP contribution is 2.21. The average molecular weight is 295 g/mol. The van der Waals surface area contributed by atoms with Crippen LogP contribution in [0.15, 0.2) is 24.3 Å². The predicted molar refractivity (Wildman–Crippen MR) is 75.9 cm³/mol. The lowest BCUT2D eigenvalue weighted by Gasteiger charge is -2.07. The van der Waals surface area contributed by atoms with E-state index in [1.807, 2.05) is 12.1 Å². The van der Waals surface area contributed by atoms with Gasteiger partial charge < -0.3 is 9.72 Å². The summed E-state index contributed by atoms with van der Waals surface area (Å²) in [5.41, 5.74) is 1.70. The quantitative estimate of drug-likeness (QED) is 0.680. The Morgan fingerprint density at radius 3 is 2.79 bits per heavy atom. The first kappa shape index (κ1) is 13.7. The summed E-state index contributed by atoms with van der Waals surface area (Å²) < 4.78 is 4.88. The summed E-state index contributed by atoms with van der Waals surface area (Å²) in [7, 11) is 1.31. The fourth-order valence-electron chi connectivity index (χ4n) is 1.70. The summed E-state index contributed by atoms with van der Waals surface area (Å²) >= 11 is 11.1. The summed E-state index contributed by atoms with van der Waals surface area (Å²) in [6, 6.07) is 7.22. The van der Waals surface area contributed by atoms with Crippen LogP contribution in [0, 0.1) is 11.6 Å². The number of H-pyrrole nitrogens is 1. The van der Waals surface area contributed by atoms with Crippen LogP contribution in [-0.2, 0) is 4.74 Å². The number of esters is 1. The number of methoxy groups -OCH3 is 1. The van der Waals surface area contributed by atoms with Crippen LogP contribution in [0.1, 0.15) is 16.1 Å². The Hall–Kier alpha value is -1.72. The van der Waals surface area contributed by atoms with Crippen LogP contribution >= 0.6 is 23.8 Å². The third kappa shape index (κ3) is 2.83. The van der Waals surface area contributed by atoms with Gasteiger partial charge in [0.05, 0.1) is 7.11 Å². The Morgan fingerprint density at radius 1 is 1.47 bits per heavy atom. The molecule has 0 amide bonds. The monoisotopic (exact) mass is 294 g/mol. The second-order valence-electron chi connectivity index (χ2n) is 3.89. The third-order valence-electron chi connectivity index (χ3n) is 2.60. The van der Waals surface area contributed by atoms with Crippen molar-refractivity contribution in [2.75, 3.05) is 7.11 Å². The van der Waals surface area contributed by atoms with Crippen molar-refractivity contribution >= 4 is 29.8 Å². The molecule has 6 heteroatoms. The molecule has 98 valence electrons. The molecule has 1 aromatic heterocycles. The predicted octanol–water partition coefficient (Wildman–Crippen LogP) is 3.55. The van der Waals surface area contributed by atoms with Gasteiger partial charge in [0.2, 0.25) is 0 Å². The molecule has 2 aromatic rings. The van der Waals surface area contributed by atoms with E-state index in [4.69, 9.17) is 23.8 Å². The maximum absolute atomic E-state index is 11.6. The third-order valence-corrected chi connectivity index (χ3v) is 3.13. The molecule has 1 N–H and O–H groups in total. The maximum atomic E-state index is 11.6. The number of ether oxygens (including phenoxy) is 1. The van der Waals surface area contributed by atoms with Crippen molar-refractivity contribution in [3.05, 3.63) is 45.2 Å². The number of hydrogen-bond acceptors (Lipinski definition) is 4. The van der Waals surface area contributed by atoms with Crippen LogP contribution < -0.4 is 0 Å². The van der Waals surface area contributed by atoms with Crippen molar-refractivity contribution in [3.8, 4) is 11.4 Å². The van der Waals surface area contributed by atoms with Crippen molar-refractivity contribution in [1.82, 2.24) is 9.97 Å². The van der Waals surface area contributed by atoms with Gasteiger partial charge in [0, 0.05) is 16.3 Å². The minimum atomic E-state index is -0.496. The van der Waals surface area contributed by atoms with Gasteiger partial charge in [0.15, 0.2) is 0 Å². The van der Waals surface area contributed by atoms with Crippen molar-refractivity contribution in [3.63, 3.8) is 0 Å². The number of aryl methyl sites for hydroxylation is 1. The van der Waals surface area contributed by atoms with E-state index in [1.165, 1.54) is 7.11 Å². The Kier molecular flexibility index (Phi) is 3.97. The minimum Gasteiger partial charge on any atom is -0.465 e. The molecule has 0 aliphatic rings. The molecule has 0 aliphatic heterocycles. The number of hydrogen-bond donors (Lipinski definition) is 1. The van der Waals surface area contributed by atoms with E-state index in [2.05, 4.69) is 14.7 Å². The van der Waals surface area contributed by atoms with Gasteiger partial charge in [-0.3, -0.25) is 0 Å².